The second kappa shape index (κ2) is 8.88. The maximum atomic E-state index is 13.3. The number of fused-ring (bicyclic) bond motifs is 3. The van der Waals surface area contributed by atoms with Gasteiger partial charge < -0.3 is 4.74 Å². The second-order valence-corrected chi connectivity index (χ2v) is 9.07. The Balaban J connectivity index is 1.60. The van der Waals surface area contributed by atoms with Crippen molar-refractivity contribution in [1.82, 2.24) is 18.7 Å². The van der Waals surface area contributed by atoms with Gasteiger partial charge in [-0.05, 0) is 53.3 Å². The van der Waals surface area contributed by atoms with Gasteiger partial charge in [-0.25, -0.2) is 13.9 Å². The number of rotatable bonds is 7. The number of ether oxygens (including phenoxy) is 1. The van der Waals surface area contributed by atoms with Crippen LogP contribution in [0.3, 0.4) is 0 Å². The van der Waals surface area contributed by atoms with Crippen LogP contribution in [-0.2, 0) is 13.1 Å². The molecule has 9 heteroatoms. The van der Waals surface area contributed by atoms with Crippen molar-refractivity contribution in [3.05, 3.63) is 97.0 Å². The molecular formula is C24H21ClN4O3S. The second-order valence-electron chi connectivity index (χ2n) is 7.72. The third kappa shape index (κ3) is 4.07. The molecule has 0 spiro atoms. The van der Waals surface area contributed by atoms with Crippen LogP contribution in [0.4, 0.5) is 0 Å². The van der Waals surface area contributed by atoms with E-state index in [9.17, 15) is 9.59 Å². The molecule has 0 aliphatic heterocycles. The van der Waals surface area contributed by atoms with Crippen molar-refractivity contribution < 1.29 is 4.74 Å². The van der Waals surface area contributed by atoms with E-state index < -0.39 is 0 Å². The van der Waals surface area contributed by atoms with E-state index in [1.165, 1.54) is 20.4 Å². The van der Waals surface area contributed by atoms with E-state index in [4.69, 9.17) is 16.3 Å². The maximum Gasteiger partial charge on any atom is 0.352 e. The molecule has 5 rings (SSSR count). The number of thiophene rings is 1. The third-order valence-electron chi connectivity index (χ3n) is 5.37. The number of hydrogen-bond donors (Lipinski definition) is 0. The van der Waals surface area contributed by atoms with Gasteiger partial charge in [0, 0.05) is 5.02 Å². The molecule has 3 heterocycles. The van der Waals surface area contributed by atoms with Crippen LogP contribution in [0.25, 0.3) is 16.0 Å². The summed E-state index contributed by atoms with van der Waals surface area (Å²) in [5.41, 5.74) is 1.93. The van der Waals surface area contributed by atoms with Crippen molar-refractivity contribution in [2.45, 2.75) is 26.4 Å². The minimum atomic E-state index is -0.291. The molecule has 7 nitrogen and oxygen atoms in total. The van der Waals surface area contributed by atoms with Gasteiger partial charge in [0.05, 0.1) is 25.2 Å². The lowest BCUT2D eigenvalue weighted by atomic mass is 10.2. The first-order chi connectivity index (χ1) is 16.0. The van der Waals surface area contributed by atoms with E-state index in [0.29, 0.717) is 34.2 Å². The van der Waals surface area contributed by atoms with Crippen LogP contribution in [0.1, 0.15) is 24.5 Å². The monoisotopic (exact) mass is 480 g/mol. The highest BCUT2D eigenvalue weighted by Gasteiger charge is 2.18. The lowest BCUT2D eigenvalue weighted by molar-refractivity contribution is 0.317. The van der Waals surface area contributed by atoms with Gasteiger partial charge in [-0.15, -0.1) is 16.4 Å². The fourth-order valence-electron chi connectivity index (χ4n) is 3.74. The lowest BCUT2D eigenvalue weighted by Crippen LogP contribution is -2.26. The Morgan fingerprint density at radius 1 is 0.970 bits per heavy atom. The molecule has 0 unspecified atom stereocenters. The number of halogens is 1. The Hall–Kier alpha value is -3.36. The number of benzene rings is 2. The van der Waals surface area contributed by atoms with Crippen molar-refractivity contribution in [3.8, 4) is 5.75 Å². The Labute approximate surface area is 198 Å². The summed E-state index contributed by atoms with van der Waals surface area (Å²) in [5.74, 6) is 1.10. The number of nitrogens with zero attached hydrogens (tertiary/aromatic N) is 4. The van der Waals surface area contributed by atoms with Crippen molar-refractivity contribution in [2.75, 3.05) is 6.61 Å². The van der Waals surface area contributed by atoms with Crippen LogP contribution in [-0.4, -0.2) is 25.4 Å². The molecule has 33 heavy (non-hydrogen) atoms. The van der Waals surface area contributed by atoms with E-state index in [1.807, 2.05) is 41.8 Å². The standard InChI is InChI=1S/C24H21ClN4O3S/c1-2-12-32-19-9-5-16(6-10-19)14-27-22(30)21-20(11-13-33-21)29-23(27)26-28(24(29)31)15-17-3-7-18(25)8-4-17/h3-11,13H,2,12,14-15H2,1H3. The van der Waals surface area contributed by atoms with Crippen LogP contribution in [0, 0.1) is 0 Å². The van der Waals surface area contributed by atoms with Crippen molar-refractivity contribution in [1.29, 1.82) is 0 Å². The molecule has 0 aliphatic carbocycles. The van der Waals surface area contributed by atoms with Gasteiger partial charge in [0.2, 0.25) is 5.78 Å². The molecule has 0 saturated heterocycles. The number of hydrogen-bond acceptors (Lipinski definition) is 5. The zero-order valence-electron chi connectivity index (χ0n) is 17.9. The molecule has 0 N–H and O–H groups in total. The molecular weight excluding hydrogens is 460 g/mol. The van der Waals surface area contributed by atoms with Crippen molar-refractivity contribution in [2.24, 2.45) is 0 Å². The largest absolute Gasteiger partial charge is 0.494 e. The average Bonchev–Trinajstić information content (AvgIpc) is 3.43. The summed E-state index contributed by atoms with van der Waals surface area (Å²) in [4.78, 5) is 26.6. The lowest BCUT2D eigenvalue weighted by Gasteiger charge is -2.09. The molecule has 0 bridgehead atoms. The van der Waals surface area contributed by atoms with Gasteiger partial charge in [0.25, 0.3) is 5.56 Å². The van der Waals surface area contributed by atoms with Gasteiger partial charge >= 0.3 is 5.69 Å². The zero-order chi connectivity index (χ0) is 22.9. The Bertz CT molecular complexity index is 1550. The fourth-order valence-corrected chi connectivity index (χ4v) is 4.69. The van der Waals surface area contributed by atoms with Crippen LogP contribution in [0.2, 0.25) is 5.02 Å². The molecule has 3 aromatic heterocycles. The summed E-state index contributed by atoms with van der Waals surface area (Å²) in [6.45, 7) is 3.28. The number of aromatic nitrogens is 4. The Morgan fingerprint density at radius 2 is 1.67 bits per heavy atom. The summed E-state index contributed by atoms with van der Waals surface area (Å²) < 4.78 is 10.6. The zero-order valence-corrected chi connectivity index (χ0v) is 19.5. The average molecular weight is 481 g/mol. The normalized spacial score (nSPS) is 11.5. The van der Waals surface area contributed by atoms with Crippen LogP contribution >= 0.6 is 22.9 Å². The first-order valence-corrected chi connectivity index (χ1v) is 11.9. The molecule has 2 aromatic carbocycles. The van der Waals surface area contributed by atoms with Gasteiger partial charge in [-0.3, -0.25) is 9.36 Å². The SMILES string of the molecule is CCCOc1ccc(Cn2c(=O)c3sccc3n3c(=O)n(Cc4ccc(Cl)cc4)nc23)cc1. The van der Waals surface area contributed by atoms with E-state index >= 15 is 0 Å². The summed E-state index contributed by atoms with van der Waals surface area (Å²) in [6.07, 6.45) is 0.934. The summed E-state index contributed by atoms with van der Waals surface area (Å²) in [7, 11) is 0. The molecule has 168 valence electrons. The van der Waals surface area contributed by atoms with E-state index in [0.717, 1.165) is 23.3 Å². The molecule has 0 radical (unpaired) electrons. The minimum Gasteiger partial charge on any atom is -0.494 e. The van der Waals surface area contributed by atoms with E-state index in [2.05, 4.69) is 12.0 Å². The summed E-state index contributed by atoms with van der Waals surface area (Å²) >= 11 is 7.30. The van der Waals surface area contributed by atoms with E-state index in [1.54, 1.807) is 22.8 Å². The Morgan fingerprint density at radius 3 is 2.39 bits per heavy atom. The Kier molecular flexibility index (Phi) is 5.78. The maximum absolute atomic E-state index is 13.3. The first-order valence-electron chi connectivity index (χ1n) is 10.6. The van der Waals surface area contributed by atoms with Gasteiger partial charge in [0.15, 0.2) is 0 Å². The predicted octanol–water partition coefficient (Wildman–Crippen LogP) is 4.41. The molecule has 0 aliphatic rings. The summed E-state index contributed by atoms with van der Waals surface area (Å²) in [6, 6.07) is 16.7. The van der Waals surface area contributed by atoms with Gasteiger partial charge in [-0.2, -0.15) is 0 Å². The quantitative estimate of drug-likeness (QED) is 0.346. The van der Waals surface area contributed by atoms with Crippen LogP contribution in [0.5, 0.6) is 5.75 Å². The first kappa shape index (κ1) is 21.5. The molecule has 0 amide bonds. The molecule has 0 saturated carbocycles. The van der Waals surface area contributed by atoms with E-state index in [-0.39, 0.29) is 17.8 Å². The minimum absolute atomic E-state index is 0.164. The molecule has 0 fully saturated rings. The van der Waals surface area contributed by atoms with Crippen molar-refractivity contribution >= 4 is 38.9 Å². The van der Waals surface area contributed by atoms with Crippen LogP contribution in [0.15, 0.2) is 69.6 Å². The summed E-state index contributed by atoms with van der Waals surface area (Å²) in [5, 5.41) is 7.00. The van der Waals surface area contributed by atoms with Gasteiger partial charge in [0.1, 0.15) is 10.4 Å². The molecule has 5 aromatic rings. The van der Waals surface area contributed by atoms with Crippen LogP contribution < -0.4 is 16.0 Å². The molecule has 0 atom stereocenters. The highest BCUT2D eigenvalue weighted by atomic mass is 35.5. The topological polar surface area (TPSA) is 70.5 Å². The van der Waals surface area contributed by atoms with Crippen molar-refractivity contribution in [3.63, 3.8) is 0 Å². The smallest absolute Gasteiger partial charge is 0.352 e. The highest BCUT2D eigenvalue weighted by Crippen LogP contribution is 2.19. The highest BCUT2D eigenvalue weighted by molar-refractivity contribution is 7.17. The third-order valence-corrected chi connectivity index (χ3v) is 6.51. The van der Waals surface area contributed by atoms with Gasteiger partial charge in [-0.1, -0.05) is 42.8 Å². The predicted molar refractivity (Wildman–Crippen MR) is 131 cm³/mol. The fraction of sp³-hybridized carbons (Fsp3) is 0.208.